The van der Waals surface area contributed by atoms with E-state index in [1.165, 1.54) is 11.4 Å². The molecule has 1 saturated heterocycles. The Balaban J connectivity index is 1.95. The summed E-state index contributed by atoms with van der Waals surface area (Å²) in [5.41, 5.74) is 2.27. The standard InChI is InChI=1S/C21H25NO4S/c1-15-9-11-18(12-10-15)27(24,25)22-19(13-14-20(22)26-3)21(23)16(2)17-7-5-4-6-8-17/h4-12,19-21,23H,2,13-14H2,1,3H3. The number of hydrogen-bond donors (Lipinski definition) is 1. The van der Waals surface area contributed by atoms with Crippen LogP contribution >= 0.6 is 0 Å². The van der Waals surface area contributed by atoms with Gasteiger partial charge in [0, 0.05) is 7.11 Å². The molecule has 2 aromatic carbocycles. The maximum absolute atomic E-state index is 13.3. The lowest BCUT2D eigenvalue weighted by Gasteiger charge is -2.32. The van der Waals surface area contributed by atoms with Crippen molar-refractivity contribution in [3.8, 4) is 0 Å². The lowest BCUT2D eigenvalue weighted by molar-refractivity contribution is 0.0152. The fraction of sp³-hybridized carbons (Fsp3) is 0.333. The Hall–Kier alpha value is -1.99. The molecule has 2 aromatic rings. The molecule has 1 aliphatic heterocycles. The smallest absolute Gasteiger partial charge is 0.245 e. The van der Waals surface area contributed by atoms with Crippen LogP contribution in [0.3, 0.4) is 0 Å². The van der Waals surface area contributed by atoms with Crippen molar-refractivity contribution >= 4 is 15.6 Å². The summed E-state index contributed by atoms with van der Waals surface area (Å²) in [5.74, 6) is 0. The summed E-state index contributed by atoms with van der Waals surface area (Å²) < 4.78 is 33.3. The largest absolute Gasteiger partial charge is 0.387 e. The molecule has 3 atom stereocenters. The Morgan fingerprint density at radius 1 is 1.15 bits per heavy atom. The lowest BCUT2D eigenvalue weighted by Crippen LogP contribution is -2.47. The molecule has 3 rings (SSSR count). The molecular weight excluding hydrogens is 362 g/mol. The van der Waals surface area contributed by atoms with Crippen molar-refractivity contribution in [3.63, 3.8) is 0 Å². The molecular formula is C21H25NO4S. The maximum Gasteiger partial charge on any atom is 0.245 e. The lowest BCUT2D eigenvalue weighted by atomic mass is 9.96. The molecule has 0 saturated carbocycles. The average molecular weight is 388 g/mol. The number of methoxy groups -OCH3 is 1. The number of aliphatic hydroxyl groups is 1. The van der Waals surface area contributed by atoms with Crippen LogP contribution in [0.2, 0.25) is 0 Å². The molecule has 27 heavy (non-hydrogen) atoms. The fourth-order valence-electron chi connectivity index (χ4n) is 3.52. The van der Waals surface area contributed by atoms with Crippen molar-refractivity contribution in [2.45, 2.75) is 43.0 Å². The summed E-state index contributed by atoms with van der Waals surface area (Å²) in [6.45, 7) is 5.91. The number of aliphatic hydroxyl groups excluding tert-OH is 1. The first-order chi connectivity index (χ1) is 12.9. The van der Waals surface area contributed by atoms with E-state index < -0.39 is 28.4 Å². The van der Waals surface area contributed by atoms with E-state index in [0.717, 1.165) is 11.1 Å². The van der Waals surface area contributed by atoms with Gasteiger partial charge in [-0.25, -0.2) is 8.42 Å². The monoisotopic (exact) mass is 387 g/mol. The summed E-state index contributed by atoms with van der Waals surface area (Å²) >= 11 is 0. The summed E-state index contributed by atoms with van der Waals surface area (Å²) in [6, 6.07) is 15.4. The van der Waals surface area contributed by atoms with Crippen molar-refractivity contribution in [1.29, 1.82) is 0 Å². The van der Waals surface area contributed by atoms with Crippen molar-refractivity contribution in [2.75, 3.05) is 7.11 Å². The first-order valence-corrected chi connectivity index (χ1v) is 10.4. The van der Waals surface area contributed by atoms with Crippen molar-refractivity contribution in [3.05, 3.63) is 72.3 Å². The van der Waals surface area contributed by atoms with Crippen LogP contribution in [-0.2, 0) is 14.8 Å². The van der Waals surface area contributed by atoms with Gasteiger partial charge in [0.15, 0.2) is 0 Å². The quantitative estimate of drug-likeness (QED) is 0.827. The summed E-state index contributed by atoms with van der Waals surface area (Å²) in [4.78, 5) is 0.194. The second kappa shape index (κ2) is 7.94. The number of ether oxygens (including phenoxy) is 1. The van der Waals surface area contributed by atoms with E-state index in [0.29, 0.717) is 18.4 Å². The second-order valence-corrected chi connectivity index (χ2v) is 8.66. The third-order valence-electron chi connectivity index (χ3n) is 5.05. The van der Waals surface area contributed by atoms with E-state index in [9.17, 15) is 13.5 Å². The summed E-state index contributed by atoms with van der Waals surface area (Å²) in [6.07, 6.45) is -0.616. The van der Waals surface area contributed by atoms with Gasteiger partial charge in [-0.3, -0.25) is 0 Å². The summed E-state index contributed by atoms with van der Waals surface area (Å²) in [5, 5.41) is 10.9. The van der Waals surface area contributed by atoms with E-state index >= 15 is 0 Å². The molecule has 0 bridgehead atoms. The van der Waals surface area contributed by atoms with Crippen molar-refractivity contribution < 1.29 is 18.3 Å². The van der Waals surface area contributed by atoms with Gasteiger partial charge in [-0.05, 0) is 43.0 Å². The molecule has 144 valence electrons. The topological polar surface area (TPSA) is 66.8 Å². The third kappa shape index (κ3) is 3.84. The van der Waals surface area contributed by atoms with Gasteiger partial charge in [-0.15, -0.1) is 0 Å². The van der Waals surface area contributed by atoms with Crippen LogP contribution in [0.25, 0.3) is 5.57 Å². The van der Waals surface area contributed by atoms with Gasteiger partial charge < -0.3 is 9.84 Å². The Morgan fingerprint density at radius 3 is 2.37 bits per heavy atom. The zero-order valence-corrected chi connectivity index (χ0v) is 16.4. The molecule has 1 aliphatic rings. The Kier molecular flexibility index (Phi) is 5.81. The minimum Gasteiger partial charge on any atom is -0.387 e. The van der Waals surface area contributed by atoms with Gasteiger partial charge in [0.2, 0.25) is 10.0 Å². The first-order valence-electron chi connectivity index (χ1n) is 8.91. The first kappa shape index (κ1) is 19.8. The molecule has 1 N–H and O–H groups in total. The molecule has 0 amide bonds. The number of aryl methyl sites for hydroxylation is 1. The number of sulfonamides is 1. The molecule has 5 nitrogen and oxygen atoms in total. The third-order valence-corrected chi connectivity index (χ3v) is 6.98. The van der Waals surface area contributed by atoms with Crippen LogP contribution in [0.1, 0.15) is 24.0 Å². The van der Waals surface area contributed by atoms with Crippen LogP contribution in [0.5, 0.6) is 0 Å². The Bertz CT molecular complexity index is 894. The van der Waals surface area contributed by atoms with Crippen LogP contribution in [-0.4, -0.2) is 43.3 Å². The maximum atomic E-state index is 13.3. The van der Waals surface area contributed by atoms with Gasteiger partial charge >= 0.3 is 0 Å². The SMILES string of the molecule is C=C(c1ccccc1)C(O)C1CCC(OC)N1S(=O)(=O)c1ccc(C)cc1. The summed E-state index contributed by atoms with van der Waals surface area (Å²) in [7, 11) is -2.33. The molecule has 0 aliphatic carbocycles. The molecule has 6 heteroatoms. The van der Waals surface area contributed by atoms with Gasteiger partial charge in [0.1, 0.15) is 6.23 Å². The number of hydrogen-bond acceptors (Lipinski definition) is 4. The molecule has 3 unspecified atom stereocenters. The van der Waals surface area contributed by atoms with Crippen molar-refractivity contribution in [2.24, 2.45) is 0 Å². The predicted octanol–water partition coefficient (Wildman–Crippen LogP) is 3.19. The number of nitrogens with zero attached hydrogens (tertiary/aromatic N) is 1. The van der Waals surface area contributed by atoms with Crippen LogP contribution in [0.4, 0.5) is 0 Å². The van der Waals surface area contributed by atoms with Gasteiger partial charge in [-0.1, -0.05) is 54.6 Å². The molecule has 1 fully saturated rings. The van der Waals surface area contributed by atoms with E-state index in [1.807, 2.05) is 37.3 Å². The van der Waals surface area contributed by atoms with Crippen LogP contribution in [0, 0.1) is 6.92 Å². The zero-order valence-electron chi connectivity index (χ0n) is 15.6. The number of rotatable bonds is 6. The highest BCUT2D eigenvalue weighted by Crippen LogP contribution is 2.36. The highest BCUT2D eigenvalue weighted by atomic mass is 32.2. The highest BCUT2D eigenvalue weighted by Gasteiger charge is 2.46. The van der Waals surface area contributed by atoms with E-state index in [-0.39, 0.29) is 4.90 Å². The minimum absolute atomic E-state index is 0.194. The average Bonchev–Trinajstić information content (AvgIpc) is 3.13. The normalized spacial score (nSPS) is 21.9. The molecule has 0 aromatic heterocycles. The highest BCUT2D eigenvalue weighted by molar-refractivity contribution is 7.89. The molecule has 0 radical (unpaired) electrons. The molecule has 1 heterocycles. The van der Waals surface area contributed by atoms with Gasteiger partial charge in [0.25, 0.3) is 0 Å². The second-order valence-electron chi connectivity index (χ2n) is 6.82. The van der Waals surface area contributed by atoms with Gasteiger partial charge in [0.05, 0.1) is 17.0 Å². The fourth-order valence-corrected chi connectivity index (χ4v) is 5.32. The van der Waals surface area contributed by atoms with E-state index in [2.05, 4.69) is 6.58 Å². The minimum atomic E-state index is -3.82. The van der Waals surface area contributed by atoms with E-state index in [1.54, 1.807) is 24.3 Å². The number of benzene rings is 2. The van der Waals surface area contributed by atoms with E-state index in [4.69, 9.17) is 4.74 Å². The zero-order chi connectivity index (χ0) is 19.6. The van der Waals surface area contributed by atoms with Crippen LogP contribution in [0.15, 0.2) is 66.1 Å². The van der Waals surface area contributed by atoms with Gasteiger partial charge in [-0.2, -0.15) is 4.31 Å². The Morgan fingerprint density at radius 2 is 1.78 bits per heavy atom. The predicted molar refractivity (Wildman–Crippen MR) is 106 cm³/mol. The Labute approximate surface area is 161 Å². The van der Waals surface area contributed by atoms with Crippen molar-refractivity contribution in [1.82, 2.24) is 4.31 Å². The van der Waals surface area contributed by atoms with Crippen LogP contribution < -0.4 is 0 Å². The molecule has 0 spiro atoms.